The predicted molar refractivity (Wildman–Crippen MR) is 84.8 cm³/mol. The molecule has 3 nitrogen and oxygen atoms in total. The molecular weight excluding hydrogens is 353 g/mol. The van der Waals surface area contributed by atoms with Crippen molar-refractivity contribution in [2.45, 2.75) is 6.92 Å². The number of carbonyl (C=O) groups excluding carboxylic acids is 1. The van der Waals surface area contributed by atoms with Gasteiger partial charge in [-0.05, 0) is 71.5 Å². The normalized spacial score (nSPS) is 10.1. The first kappa shape index (κ1) is 13.9. The van der Waals surface area contributed by atoms with E-state index in [4.69, 9.17) is 4.74 Å². The van der Waals surface area contributed by atoms with Gasteiger partial charge in [-0.3, -0.25) is 4.79 Å². The van der Waals surface area contributed by atoms with E-state index in [2.05, 4.69) is 27.9 Å². The van der Waals surface area contributed by atoms with Gasteiger partial charge in [0.15, 0.2) is 0 Å². The smallest absolute Gasteiger partial charge is 0.255 e. The van der Waals surface area contributed by atoms with E-state index in [0.29, 0.717) is 17.0 Å². The summed E-state index contributed by atoms with van der Waals surface area (Å²) in [6.45, 7) is 1.97. The summed E-state index contributed by atoms with van der Waals surface area (Å²) in [6.07, 6.45) is 0. The van der Waals surface area contributed by atoms with Gasteiger partial charge in [0.05, 0.1) is 12.8 Å². The fourth-order valence-corrected chi connectivity index (χ4v) is 2.07. The first-order valence-electron chi connectivity index (χ1n) is 5.81. The van der Waals surface area contributed by atoms with Crippen LogP contribution in [-0.4, -0.2) is 13.0 Å². The van der Waals surface area contributed by atoms with Crippen molar-refractivity contribution >= 4 is 34.2 Å². The fraction of sp³-hybridized carbons (Fsp3) is 0.133. The molecule has 98 valence electrons. The quantitative estimate of drug-likeness (QED) is 0.837. The van der Waals surface area contributed by atoms with Crippen LogP contribution in [0.1, 0.15) is 15.9 Å². The second-order valence-electron chi connectivity index (χ2n) is 4.16. The molecule has 19 heavy (non-hydrogen) atoms. The Hall–Kier alpha value is -1.56. The van der Waals surface area contributed by atoms with E-state index in [0.717, 1.165) is 9.13 Å². The maximum atomic E-state index is 12.1. The minimum atomic E-state index is -0.139. The number of benzene rings is 2. The zero-order chi connectivity index (χ0) is 13.8. The summed E-state index contributed by atoms with van der Waals surface area (Å²) < 4.78 is 6.34. The fourth-order valence-electron chi connectivity index (χ4n) is 1.72. The van der Waals surface area contributed by atoms with E-state index < -0.39 is 0 Å². The highest BCUT2D eigenvalue weighted by Gasteiger charge is 2.09. The summed E-state index contributed by atoms with van der Waals surface area (Å²) in [5.74, 6) is 0.518. The second-order valence-corrected chi connectivity index (χ2v) is 5.41. The zero-order valence-electron chi connectivity index (χ0n) is 10.7. The number of methoxy groups -OCH3 is 1. The van der Waals surface area contributed by atoms with Crippen molar-refractivity contribution in [3.05, 3.63) is 57.2 Å². The monoisotopic (exact) mass is 367 g/mol. The number of hydrogen-bond donors (Lipinski definition) is 1. The van der Waals surface area contributed by atoms with Crippen LogP contribution in [0.15, 0.2) is 42.5 Å². The Labute approximate surface area is 126 Å². The third-order valence-electron chi connectivity index (χ3n) is 2.71. The Morgan fingerprint density at radius 2 is 1.84 bits per heavy atom. The number of halogens is 1. The first-order valence-corrected chi connectivity index (χ1v) is 6.89. The third kappa shape index (κ3) is 3.47. The van der Waals surface area contributed by atoms with Crippen LogP contribution in [0.5, 0.6) is 5.75 Å². The Morgan fingerprint density at radius 3 is 2.47 bits per heavy atom. The van der Waals surface area contributed by atoms with Crippen molar-refractivity contribution in [2.75, 3.05) is 12.4 Å². The SMILES string of the molecule is COc1ccc(C)cc1NC(=O)c1ccc(I)cc1. The number of nitrogens with one attached hydrogen (secondary N) is 1. The molecule has 0 radical (unpaired) electrons. The summed E-state index contributed by atoms with van der Waals surface area (Å²) >= 11 is 2.21. The summed E-state index contributed by atoms with van der Waals surface area (Å²) in [4.78, 5) is 12.1. The lowest BCUT2D eigenvalue weighted by Crippen LogP contribution is -2.12. The first-order chi connectivity index (χ1) is 9.10. The van der Waals surface area contributed by atoms with Crippen LogP contribution in [0.2, 0.25) is 0 Å². The highest BCUT2D eigenvalue weighted by Crippen LogP contribution is 2.25. The molecule has 1 amide bonds. The standard InChI is InChI=1S/C15H14INO2/c1-10-3-8-14(19-2)13(9-10)17-15(18)11-4-6-12(16)7-5-11/h3-9H,1-2H3,(H,17,18). The lowest BCUT2D eigenvalue weighted by atomic mass is 10.1. The zero-order valence-corrected chi connectivity index (χ0v) is 12.9. The van der Waals surface area contributed by atoms with Crippen LogP contribution in [0.3, 0.4) is 0 Å². The molecule has 0 bridgehead atoms. The number of carbonyl (C=O) groups is 1. The molecule has 0 saturated carbocycles. The molecule has 0 unspecified atom stereocenters. The third-order valence-corrected chi connectivity index (χ3v) is 3.43. The largest absolute Gasteiger partial charge is 0.495 e. The number of hydrogen-bond acceptors (Lipinski definition) is 2. The van der Waals surface area contributed by atoms with Gasteiger partial charge in [0.1, 0.15) is 5.75 Å². The van der Waals surface area contributed by atoms with E-state index in [1.54, 1.807) is 19.2 Å². The van der Waals surface area contributed by atoms with Crippen LogP contribution < -0.4 is 10.1 Å². The highest BCUT2D eigenvalue weighted by molar-refractivity contribution is 14.1. The van der Waals surface area contributed by atoms with Crippen molar-refractivity contribution in [3.63, 3.8) is 0 Å². The summed E-state index contributed by atoms with van der Waals surface area (Å²) in [5.41, 5.74) is 2.38. The minimum Gasteiger partial charge on any atom is -0.495 e. The summed E-state index contributed by atoms with van der Waals surface area (Å²) in [6, 6.07) is 13.1. The topological polar surface area (TPSA) is 38.3 Å². The lowest BCUT2D eigenvalue weighted by Gasteiger charge is -2.11. The molecule has 2 rings (SSSR count). The molecule has 0 fully saturated rings. The Balaban J connectivity index is 2.23. The van der Waals surface area contributed by atoms with Crippen molar-refractivity contribution in [1.29, 1.82) is 0 Å². The molecular formula is C15H14INO2. The van der Waals surface area contributed by atoms with Crippen molar-refractivity contribution in [2.24, 2.45) is 0 Å². The molecule has 4 heteroatoms. The van der Waals surface area contributed by atoms with E-state index >= 15 is 0 Å². The van der Waals surface area contributed by atoms with Crippen molar-refractivity contribution in [1.82, 2.24) is 0 Å². The molecule has 0 saturated heterocycles. The molecule has 0 aliphatic rings. The van der Waals surface area contributed by atoms with Gasteiger partial charge in [0.25, 0.3) is 5.91 Å². The van der Waals surface area contributed by atoms with Gasteiger partial charge < -0.3 is 10.1 Å². The molecule has 0 aliphatic heterocycles. The van der Waals surface area contributed by atoms with Crippen LogP contribution >= 0.6 is 22.6 Å². The predicted octanol–water partition coefficient (Wildman–Crippen LogP) is 3.86. The molecule has 2 aromatic rings. The second kappa shape index (κ2) is 6.06. The maximum absolute atomic E-state index is 12.1. The summed E-state index contributed by atoms with van der Waals surface area (Å²) in [5, 5.41) is 2.87. The molecule has 0 heterocycles. The van der Waals surface area contributed by atoms with Crippen molar-refractivity contribution < 1.29 is 9.53 Å². The number of aryl methyl sites for hydroxylation is 1. The molecule has 0 spiro atoms. The number of rotatable bonds is 3. The molecule has 1 N–H and O–H groups in total. The molecule has 2 aromatic carbocycles. The van der Waals surface area contributed by atoms with E-state index in [1.807, 2.05) is 37.3 Å². The van der Waals surface area contributed by atoms with Gasteiger partial charge in [0, 0.05) is 9.13 Å². The van der Waals surface area contributed by atoms with E-state index in [9.17, 15) is 4.79 Å². The van der Waals surface area contributed by atoms with Gasteiger partial charge in [-0.25, -0.2) is 0 Å². The van der Waals surface area contributed by atoms with Crippen molar-refractivity contribution in [3.8, 4) is 5.75 Å². The van der Waals surface area contributed by atoms with Crippen LogP contribution in [0.25, 0.3) is 0 Å². The van der Waals surface area contributed by atoms with Gasteiger partial charge in [0.2, 0.25) is 0 Å². The Morgan fingerprint density at radius 1 is 1.16 bits per heavy atom. The van der Waals surface area contributed by atoms with Crippen LogP contribution in [-0.2, 0) is 0 Å². The van der Waals surface area contributed by atoms with E-state index in [1.165, 1.54) is 0 Å². The Bertz CT molecular complexity index is 594. The average Bonchev–Trinajstić information content (AvgIpc) is 2.39. The van der Waals surface area contributed by atoms with Gasteiger partial charge in [-0.15, -0.1) is 0 Å². The number of ether oxygens (including phenoxy) is 1. The lowest BCUT2D eigenvalue weighted by molar-refractivity contribution is 0.102. The average molecular weight is 367 g/mol. The summed E-state index contributed by atoms with van der Waals surface area (Å²) in [7, 11) is 1.59. The van der Waals surface area contributed by atoms with Crippen LogP contribution in [0, 0.1) is 10.5 Å². The number of anilines is 1. The van der Waals surface area contributed by atoms with Gasteiger partial charge in [-0.1, -0.05) is 6.07 Å². The van der Waals surface area contributed by atoms with Crippen LogP contribution in [0.4, 0.5) is 5.69 Å². The van der Waals surface area contributed by atoms with E-state index in [-0.39, 0.29) is 5.91 Å². The number of amides is 1. The highest BCUT2D eigenvalue weighted by atomic mass is 127. The molecule has 0 atom stereocenters. The molecule has 0 aromatic heterocycles. The molecule has 0 aliphatic carbocycles. The van der Waals surface area contributed by atoms with Gasteiger partial charge in [-0.2, -0.15) is 0 Å². The van der Waals surface area contributed by atoms with Gasteiger partial charge >= 0.3 is 0 Å². The Kier molecular flexibility index (Phi) is 4.42. The minimum absolute atomic E-state index is 0.139. The maximum Gasteiger partial charge on any atom is 0.255 e.